The minimum Gasteiger partial charge on any atom is -0.508 e. The van der Waals surface area contributed by atoms with E-state index in [2.05, 4.69) is 10.6 Å². The van der Waals surface area contributed by atoms with E-state index in [9.17, 15) is 25.2 Å². The molecule has 1 atom stereocenters. The van der Waals surface area contributed by atoms with Gasteiger partial charge in [-0.05, 0) is 73.7 Å². The van der Waals surface area contributed by atoms with Crippen LogP contribution in [0, 0.1) is 0 Å². The summed E-state index contributed by atoms with van der Waals surface area (Å²) in [5.41, 5.74) is 2.77. The molecule has 0 aliphatic heterocycles. The highest BCUT2D eigenvalue weighted by molar-refractivity contribution is 6.32. The van der Waals surface area contributed by atoms with Crippen molar-refractivity contribution in [2.45, 2.75) is 44.9 Å². The number of β-amino-alcohol motifs (C(OH)–C–C–N with tert-alkyl or cyclic N) is 1. The van der Waals surface area contributed by atoms with Crippen LogP contribution in [0.2, 0.25) is 5.02 Å². The van der Waals surface area contributed by atoms with Crippen LogP contribution in [0.4, 0.5) is 0 Å². The molecule has 0 unspecified atom stereocenters. The van der Waals surface area contributed by atoms with Crippen LogP contribution < -0.4 is 10.6 Å². The Morgan fingerprint density at radius 2 is 1.78 bits per heavy atom. The first-order valence-corrected chi connectivity index (χ1v) is 12.2. The summed E-state index contributed by atoms with van der Waals surface area (Å²) in [4.78, 5) is 12.7. The first-order chi connectivity index (χ1) is 17.1. The standard InChI is InChI=1S/C28H33ClN2O5/c1-28(2,31-16-25(34)20-9-10-24(33)22(14-20)17-32)15-18-5-3-7-21(13-18)27(36)30-12-11-19-6-4-8-23(29)26(19)35/h3-10,13-14,25,31-35H,11-12,15-17H2,1-2H3,(H,30,36)/t25-/m0/s1. The summed E-state index contributed by atoms with van der Waals surface area (Å²) >= 11 is 5.94. The van der Waals surface area contributed by atoms with Crippen molar-refractivity contribution in [2.75, 3.05) is 13.1 Å². The summed E-state index contributed by atoms with van der Waals surface area (Å²) in [6.07, 6.45) is 0.262. The Balaban J connectivity index is 1.55. The Bertz CT molecular complexity index is 1200. The van der Waals surface area contributed by atoms with Crippen LogP contribution in [-0.4, -0.2) is 45.0 Å². The van der Waals surface area contributed by atoms with Gasteiger partial charge in [-0.3, -0.25) is 4.79 Å². The number of aliphatic hydroxyl groups excluding tert-OH is 2. The fraction of sp³-hybridized carbons (Fsp3) is 0.321. The van der Waals surface area contributed by atoms with Gasteiger partial charge in [0.25, 0.3) is 5.91 Å². The van der Waals surface area contributed by atoms with E-state index in [0.29, 0.717) is 41.6 Å². The lowest BCUT2D eigenvalue weighted by Gasteiger charge is -2.28. The summed E-state index contributed by atoms with van der Waals surface area (Å²) in [6.45, 7) is 4.36. The van der Waals surface area contributed by atoms with Crippen LogP contribution in [0.5, 0.6) is 11.5 Å². The monoisotopic (exact) mass is 512 g/mol. The third-order valence-corrected chi connectivity index (χ3v) is 6.32. The maximum atomic E-state index is 12.7. The number of para-hydroxylation sites is 1. The van der Waals surface area contributed by atoms with Crippen LogP contribution in [-0.2, 0) is 19.4 Å². The van der Waals surface area contributed by atoms with Gasteiger partial charge in [0.1, 0.15) is 11.5 Å². The van der Waals surface area contributed by atoms with Gasteiger partial charge in [-0.15, -0.1) is 0 Å². The molecule has 0 saturated heterocycles. The van der Waals surface area contributed by atoms with Crippen molar-refractivity contribution in [1.82, 2.24) is 10.6 Å². The summed E-state index contributed by atoms with van der Waals surface area (Å²) < 4.78 is 0. The quantitative estimate of drug-likeness (QED) is 0.232. The molecule has 0 radical (unpaired) electrons. The van der Waals surface area contributed by atoms with Gasteiger partial charge in [-0.25, -0.2) is 0 Å². The summed E-state index contributed by atoms with van der Waals surface area (Å²) in [5.74, 6) is -0.172. The molecule has 1 amide bonds. The molecular weight excluding hydrogens is 480 g/mol. The average Bonchev–Trinajstić information content (AvgIpc) is 2.85. The molecule has 0 spiro atoms. The smallest absolute Gasteiger partial charge is 0.251 e. The fourth-order valence-electron chi connectivity index (χ4n) is 4.00. The lowest BCUT2D eigenvalue weighted by Crippen LogP contribution is -2.43. The zero-order valence-corrected chi connectivity index (χ0v) is 21.2. The molecule has 0 bridgehead atoms. The molecule has 8 heteroatoms. The molecular formula is C28H33ClN2O5. The molecule has 3 aromatic carbocycles. The lowest BCUT2D eigenvalue weighted by atomic mass is 9.93. The van der Waals surface area contributed by atoms with Crippen molar-refractivity contribution in [3.05, 3.63) is 93.5 Å². The maximum absolute atomic E-state index is 12.7. The van der Waals surface area contributed by atoms with E-state index in [0.717, 1.165) is 5.56 Å². The highest BCUT2D eigenvalue weighted by atomic mass is 35.5. The van der Waals surface area contributed by atoms with Crippen molar-refractivity contribution in [1.29, 1.82) is 0 Å². The van der Waals surface area contributed by atoms with Gasteiger partial charge in [-0.2, -0.15) is 0 Å². The molecule has 192 valence electrons. The molecule has 0 fully saturated rings. The van der Waals surface area contributed by atoms with E-state index in [1.54, 1.807) is 36.4 Å². The van der Waals surface area contributed by atoms with Crippen LogP contribution in [0.25, 0.3) is 0 Å². The number of carbonyl (C=O) groups excluding carboxylic acids is 1. The predicted octanol–water partition coefficient (Wildman–Crippen LogP) is 3.86. The Kier molecular flexibility index (Phi) is 9.34. The molecule has 3 rings (SSSR count). The Hall–Kier alpha value is -3.10. The first-order valence-electron chi connectivity index (χ1n) is 11.8. The number of aromatic hydroxyl groups is 2. The summed E-state index contributed by atoms with van der Waals surface area (Å²) in [7, 11) is 0. The van der Waals surface area contributed by atoms with E-state index >= 15 is 0 Å². The van der Waals surface area contributed by atoms with Gasteiger partial charge in [0.2, 0.25) is 0 Å². The Labute approximate surface area is 216 Å². The summed E-state index contributed by atoms with van der Waals surface area (Å²) in [5, 5.41) is 46.2. The molecule has 0 saturated carbocycles. The fourth-order valence-corrected chi connectivity index (χ4v) is 4.19. The van der Waals surface area contributed by atoms with Crippen LogP contribution in [0.3, 0.4) is 0 Å². The van der Waals surface area contributed by atoms with Crippen LogP contribution in [0.15, 0.2) is 60.7 Å². The molecule has 3 aromatic rings. The van der Waals surface area contributed by atoms with Gasteiger partial charge in [-0.1, -0.05) is 41.9 Å². The number of amides is 1. The minimum absolute atomic E-state index is 0.00623. The van der Waals surface area contributed by atoms with Crippen molar-refractivity contribution >= 4 is 17.5 Å². The molecule has 0 aliphatic carbocycles. The molecule has 36 heavy (non-hydrogen) atoms. The number of phenolic OH excluding ortho intramolecular Hbond substituents is 1. The second kappa shape index (κ2) is 12.2. The third kappa shape index (κ3) is 7.45. The van der Waals surface area contributed by atoms with Gasteiger partial charge < -0.3 is 31.1 Å². The number of rotatable bonds is 11. The van der Waals surface area contributed by atoms with Crippen molar-refractivity contribution in [3.8, 4) is 11.5 Å². The van der Waals surface area contributed by atoms with E-state index in [1.807, 2.05) is 32.0 Å². The van der Waals surface area contributed by atoms with Crippen molar-refractivity contribution in [2.24, 2.45) is 0 Å². The van der Waals surface area contributed by atoms with Crippen LogP contribution >= 0.6 is 11.6 Å². The third-order valence-electron chi connectivity index (χ3n) is 6.02. The Morgan fingerprint density at radius 3 is 2.53 bits per heavy atom. The highest BCUT2D eigenvalue weighted by Crippen LogP contribution is 2.27. The van der Waals surface area contributed by atoms with Gasteiger partial charge in [0.15, 0.2) is 0 Å². The largest absolute Gasteiger partial charge is 0.508 e. The number of phenols is 2. The van der Waals surface area contributed by atoms with E-state index in [1.165, 1.54) is 6.07 Å². The average molecular weight is 513 g/mol. The number of halogens is 1. The normalized spacial score (nSPS) is 12.4. The van der Waals surface area contributed by atoms with Crippen molar-refractivity contribution < 1.29 is 25.2 Å². The molecule has 0 heterocycles. The number of hydrogen-bond donors (Lipinski definition) is 6. The lowest BCUT2D eigenvalue weighted by molar-refractivity contribution is 0.0954. The summed E-state index contributed by atoms with van der Waals surface area (Å²) in [6, 6.07) is 17.2. The van der Waals surface area contributed by atoms with Crippen LogP contribution in [0.1, 0.15) is 52.6 Å². The predicted molar refractivity (Wildman–Crippen MR) is 140 cm³/mol. The zero-order chi connectivity index (χ0) is 26.3. The Morgan fingerprint density at radius 1 is 1.03 bits per heavy atom. The van der Waals surface area contributed by atoms with Crippen molar-refractivity contribution in [3.63, 3.8) is 0 Å². The van der Waals surface area contributed by atoms with E-state index in [4.69, 9.17) is 11.6 Å². The second-order valence-electron chi connectivity index (χ2n) is 9.46. The number of carbonyl (C=O) groups is 1. The zero-order valence-electron chi connectivity index (χ0n) is 20.5. The molecule has 0 aromatic heterocycles. The second-order valence-corrected chi connectivity index (χ2v) is 9.86. The van der Waals surface area contributed by atoms with Gasteiger partial charge in [0.05, 0.1) is 17.7 Å². The minimum atomic E-state index is -0.814. The molecule has 6 N–H and O–H groups in total. The van der Waals surface area contributed by atoms with Gasteiger partial charge >= 0.3 is 0 Å². The number of hydrogen-bond acceptors (Lipinski definition) is 6. The van der Waals surface area contributed by atoms with E-state index in [-0.39, 0.29) is 41.1 Å². The number of aliphatic hydroxyl groups is 2. The topological polar surface area (TPSA) is 122 Å². The maximum Gasteiger partial charge on any atom is 0.251 e. The molecule has 7 nitrogen and oxygen atoms in total. The number of nitrogens with one attached hydrogen (secondary N) is 2. The molecule has 0 aliphatic rings. The van der Waals surface area contributed by atoms with E-state index < -0.39 is 6.10 Å². The van der Waals surface area contributed by atoms with Gasteiger partial charge in [0, 0.05) is 29.8 Å². The first kappa shape index (κ1) is 27.5. The SMILES string of the molecule is CC(C)(Cc1cccc(C(=O)NCCc2cccc(Cl)c2O)c1)NC[C@H](O)c1ccc(O)c(CO)c1. The number of benzene rings is 3. The highest BCUT2D eigenvalue weighted by Gasteiger charge is 2.21.